The maximum atomic E-state index is 6.01. The smallest absolute Gasteiger partial charge is 0.322 e. The number of halogens is 1. The molecule has 1 aliphatic rings. The molecule has 1 aliphatic heterocycles. The Balaban J connectivity index is 1.39. The molecule has 0 bridgehead atoms. The van der Waals surface area contributed by atoms with Crippen molar-refractivity contribution in [3.05, 3.63) is 53.1 Å². The van der Waals surface area contributed by atoms with E-state index in [0.29, 0.717) is 44.5 Å². The highest BCUT2D eigenvalue weighted by molar-refractivity contribution is 6.28. The van der Waals surface area contributed by atoms with Crippen molar-refractivity contribution in [3.8, 4) is 6.01 Å². The van der Waals surface area contributed by atoms with Crippen molar-refractivity contribution >= 4 is 17.5 Å². The maximum absolute atomic E-state index is 6.01. The quantitative estimate of drug-likeness (QED) is 0.629. The molecule has 0 atom stereocenters. The summed E-state index contributed by atoms with van der Waals surface area (Å²) in [6.07, 6.45) is 1.83. The van der Waals surface area contributed by atoms with Crippen LogP contribution in [0.5, 0.6) is 6.01 Å². The highest BCUT2D eigenvalue weighted by Gasteiger charge is 2.17. The van der Waals surface area contributed by atoms with Crippen LogP contribution in [0.4, 0.5) is 5.95 Å². The number of aromatic nitrogens is 6. The second kappa shape index (κ2) is 8.28. The summed E-state index contributed by atoms with van der Waals surface area (Å²) >= 11 is 6.01. The summed E-state index contributed by atoms with van der Waals surface area (Å²) in [7, 11) is 0. The first-order valence-electron chi connectivity index (χ1n) is 8.56. The summed E-state index contributed by atoms with van der Waals surface area (Å²) < 4.78 is 12.7. The van der Waals surface area contributed by atoms with Gasteiger partial charge in [0.2, 0.25) is 11.2 Å². The van der Waals surface area contributed by atoms with Crippen LogP contribution in [0.1, 0.15) is 11.3 Å². The lowest BCUT2D eigenvalue weighted by atomic mass is 10.2. The Labute approximate surface area is 160 Å². The van der Waals surface area contributed by atoms with Crippen LogP contribution >= 0.6 is 11.6 Å². The summed E-state index contributed by atoms with van der Waals surface area (Å²) in [6, 6.07) is 10.2. The normalized spacial score (nSPS) is 14.3. The Morgan fingerprint density at radius 2 is 1.89 bits per heavy atom. The monoisotopic (exact) mass is 387 g/mol. The summed E-state index contributed by atoms with van der Waals surface area (Å²) in [5, 5.41) is 8.33. The van der Waals surface area contributed by atoms with Gasteiger partial charge in [-0.15, -0.1) is 5.10 Å². The van der Waals surface area contributed by atoms with Crippen molar-refractivity contribution in [3.63, 3.8) is 0 Å². The van der Waals surface area contributed by atoms with Gasteiger partial charge in [0.15, 0.2) is 0 Å². The number of rotatable bonds is 6. The van der Waals surface area contributed by atoms with E-state index < -0.39 is 0 Å². The molecule has 9 nitrogen and oxygen atoms in total. The van der Waals surface area contributed by atoms with Crippen LogP contribution < -0.4 is 9.64 Å². The van der Waals surface area contributed by atoms with E-state index in [1.807, 2.05) is 41.4 Å². The van der Waals surface area contributed by atoms with E-state index >= 15 is 0 Å². The van der Waals surface area contributed by atoms with Crippen molar-refractivity contribution in [2.75, 3.05) is 31.2 Å². The number of anilines is 1. The third-order valence-corrected chi connectivity index (χ3v) is 4.16. The topological polar surface area (TPSA) is 91.1 Å². The molecule has 1 fully saturated rings. The zero-order valence-corrected chi connectivity index (χ0v) is 15.3. The molecule has 1 aromatic carbocycles. The van der Waals surface area contributed by atoms with E-state index in [2.05, 4.69) is 25.3 Å². The van der Waals surface area contributed by atoms with E-state index in [-0.39, 0.29) is 17.9 Å². The number of hydrogen-bond acceptors (Lipinski definition) is 8. The zero-order chi connectivity index (χ0) is 18.5. The predicted octanol–water partition coefficient (Wildman–Crippen LogP) is 1.58. The first-order valence-corrected chi connectivity index (χ1v) is 8.94. The Bertz CT molecular complexity index is 884. The van der Waals surface area contributed by atoms with Crippen LogP contribution in [0.25, 0.3) is 0 Å². The van der Waals surface area contributed by atoms with Gasteiger partial charge in [-0.3, -0.25) is 0 Å². The molecule has 4 rings (SSSR count). The summed E-state index contributed by atoms with van der Waals surface area (Å²) in [5.74, 6) is 0.487. The van der Waals surface area contributed by atoms with E-state index in [9.17, 15) is 0 Å². The molecule has 0 amide bonds. The van der Waals surface area contributed by atoms with Gasteiger partial charge in [-0.25, -0.2) is 4.68 Å². The second-order valence-corrected chi connectivity index (χ2v) is 6.31. The van der Waals surface area contributed by atoms with E-state index in [1.54, 1.807) is 4.68 Å². The molecule has 0 N–H and O–H groups in total. The van der Waals surface area contributed by atoms with Gasteiger partial charge in [0, 0.05) is 13.1 Å². The van der Waals surface area contributed by atoms with Gasteiger partial charge < -0.3 is 14.4 Å². The molecule has 2 aromatic heterocycles. The van der Waals surface area contributed by atoms with Gasteiger partial charge >= 0.3 is 6.01 Å². The minimum absolute atomic E-state index is 0.0919. The Kier molecular flexibility index (Phi) is 5.40. The lowest BCUT2D eigenvalue weighted by Gasteiger charge is -2.26. The molecule has 10 heteroatoms. The molecule has 0 spiro atoms. The van der Waals surface area contributed by atoms with Gasteiger partial charge in [0.1, 0.15) is 12.3 Å². The van der Waals surface area contributed by atoms with Crippen LogP contribution in [0, 0.1) is 0 Å². The maximum Gasteiger partial charge on any atom is 0.322 e. The Morgan fingerprint density at radius 1 is 1.07 bits per heavy atom. The van der Waals surface area contributed by atoms with E-state index in [1.165, 1.54) is 0 Å². The number of nitrogens with zero attached hydrogens (tertiary/aromatic N) is 7. The third-order valence-electron chi connectivity index (χ3n) is 3.99. The third kappa shape index (κ3) is 4.69. The Morgan fingerprint density at radius 3 is 2.70 bits per heavy atom. The van der Waals surface area contributed by atoms with Crippen molar-refractivity contribution in [2.24, 2.45) is 0 Å². The molecule has 0 unspecified atom stereocenters. The lowest BCUT2D eigenvalue weighted by molar-refractivity contribution is 0.122. The highest BCUT2D eigenvalue weighted by atomic mass is 35.5. The van der Waals surface area contributed by atoms with Gasteiger partial charge in [-0.2, -0.15) is 15.0 Å². The molecule has 0 saturated carbocycles. The van der Waals surface area contributed by atoms with Gasteiger partial charge in [0.05, 0.1) is 26.0 Å². The standard InChI is InChI=1S/C17H18ClN7O2/c18-15-19-16(24-6-8-26-9-7-24)21-17(20-15)27-12-14-11-25(23-22-14)10-13-4-2-1-3-5-13/h1-5,11H,6-10,12H2. The minimum atomic E-state index is 0.0919. The van der Waals surface area contributed by atoms with Gasteiger partial charge in [-0.05, 0) is 17.2 Å². The molecule has 3 aromatic rings. The SMILES string of the molecule is Clc1nc(OCc2cn(Cc3ccccc3)nn2)nc(N2CCOCC2)n1. The second-order valence-electron chi connectivity index (χ2n) is 5.97. The summed E-state index contributed by atoms with van der Waals surface area (Å²) in [4.78, 5) is 14.5. The zero-order valence-electron chi connectivity index (χ0n) is 14.5. The van der Waals surface area contributed by atoms with Crippen LogP contribution in [0.3, 0.4) is 0 Å². The highest BCUT2D eigenvalue weighted by Crippen LogP contribution is 2.17. The number of ether oxygens (including phenoxy) is 2. The van der Waals surface area contributed by atoms with Crippen molar-refractivity contribution < 1.29 is 9.47 Å². The van der Waals surface area contributed by atoms with E-state index in [0.717, 1.165) is 5.56 Å². The fourth-order valence-electron chi connectivity index (χ4n) is 2.68. The summed E-state index contributed by atoms with van der Waals surface area (Å²) in [6.45, 7) is 3.50. The molecule has 3 heterocycles. The van der Waals surface area contributed by atoms with Crippen LogP contribution in [-0.4, -0.2) is 56.2 Å². The van der Waals surface area contributed by atoms with Gasteiger partial charge in [-0.1, -0.05) is 35.5 Å². The number of morpholine rings is 1. The molecule has 1 saturated heterocycles. The van der Waals surface area contributed by atoms with Gasteiger partial charge in [0.25, 0.3) is 0 Å². The largest absolute Gasteiger partial charge is 0.457 e. The molecular weight excluding hydrogens is 370 g/mol. The van der Waals surface area contributed by atoms with E-state index in [4.69, 9.17) is 21.1 Å². The lowest BCUT2D eigenvalue weighted by Crippen LogP contribution is -2.37. The molecule has 0 aliphatic carbocycles. The molecule has 27 heavy (non-hydrogen) atoms. The first kappa shape index (κ1) is 17.6. The predicted molar refractivity (Wildman–Crippen MR) is 97.8 cm³/mol. The van der Waals surface area contributed by atoms with Crippen LogP contribution in [0.15, 0.2) is 36.5 Å². The number of hydrogen-bond donors (Lipinski definition) is 0. The van der Waals surface area contributed by atoms with Crippen molar-refractivity contribution in [1.29, 1.82) is 0 Å². The molecular formula is C17H18ClN7O2. The van der Waals surface area contributed by atoms with Crippen molar-refractivity contribution in [2.45, 2.75) is 13.2 Å². The average Bonchev–Trinajstić information content (AvgIpc) is 3.15. The van der Waals surface area contributed by atoms with Crippen molar-refractivity contribution in [1.82, 2.24) is 29.9 Å². The number of benzene rings is 1. The summed E-state index contributed by atoms with van der Waals surface area (Å²) in [5.41, 5.74) is 1.82. The average molecular weight is 388 g/mol. The molecule has 140 valence electrons. The Hall–Kier alpha value is -2.78. The minimum Gasteiger partial charge on any atom is -0.457 e. The fraction of sp³-hybridized carbons (Fsp3) is 0.353. The van der Waals surface area contributed by atoms with Crippen LogP contribution in [0.2, 0.25) is 5.28 Å². The first-order chi connectivity index (χ1) is 13.3. The van der Waals surface area contributed by atoms with Crippen LogP contribution in [-0.2, 0) is 17.9 Å². The molecule has 0 radical (unpaired) electrons. The fourth-order valence-corrected chi connectivity index (χ4v) is 2.83.